The Bertz CT molecular complexity index is 1470. The molecule has 1 heterocycles. The molecule has 48 heavy (non-hydrogen) atoms. The van der Waals surface area contributed by atoms with E-state index < -0.39 is 66.1 Å². The van der Waals surface area contributed by atoms with Gasteiger partial charge in [0.15, 0.2) is 5.41 Å². The van der Waals surface area contributed by atoms with Crippen LogP contribution in [0, 0.1) is 5.41 Å². The second-order valence-electron chi connectivity index (χ2n) is 13.4. The molecule has 3 rings (SSSR count). The number of aliphatic hydroxyl groups excluding tert-OH is 2. The lowest BCUT2D eigenvalue weighted by molar-refractivity contribution is -0.157. The van der Waals surface area contributed by atoms with Gasteiger partial charge in [-0.25, -0.2) is 14.4 Å². The molecule has 3 atom stereocenters. The first kappa shape index (κ1) is 38.4. The molecule has 1 aliphatic heterocycles. The third-order valence-electron chi connectivity index (χ3n) is 9.88. The monoisotopic (exact) mass is 666 g/mol. The highest BCUT2D eigenvalue weighted by molar-refractivity contribution is 6.23. The molecule has 2 aromatic rings. The summed E-state index contributed by atoms with van der Waals surface area (Å²) < 4.78 is 10.7. The fourth-order valence-corrected chi connectivity index (χ4v) is 5.90. The van der Waals surface area contributed by atoms with E-state index in [-0.39, 0.29) is 29.6 Å². The summed E-state index contributed by atoms with van der Waals surface area (Å²) in [6.45, 7) is 11.7. The van der Waals surface area contributed by atoms with Gasteiger partial charge in [-0.15, -0.1) is 0 Å². The van der Waals surface area contributed by atoms with Crippen LogP contribution in [0.5, 0.6) is 0 Å². The maximum Gasteiger partial charge on any atom is 0.339 e. The number of amides is 4. The standard InChI is InChI=1S/C37H50N2O9/c1-8-35(5,6)39-33(45)37(11-4,25-17-13-12-14-18-25)32(44)38(34(39)46)22-27(41)24-48-31(43)29-20-16-15-19-28(29)30(42)47-23-26(40)21-36(7,9-2)10-3/h12-20,26-27,40-41H,8-11,21-24H2,1-7H3. The van der Waals surface area contributed by atoms with Gasteiger partial charge < -0.3 is 19.7 Å². The van der Waals surface area contributed by atoms with Gasteiger partial charge in [0.1, 0.15) is 19.3 Å². The van der Waals surface area contributed by atoms with Crippen molar-refractivity contribution in [3.05, 3.63) is 71.3 Å². The van der Waals surface area contributed by atoms with Crippen LogP contribution < -0.4 is 0 Å². The Kier molecular flexibility index (Phi) is 12.7. The molecule has 0 aliphatic carbocycles. The zero-order chi connectivity index (χ0) is 35.9. The first-order valence-corrected chi connectivity index (χ1v) is 16.7. The summed E-state index contributed by atoms with van der Waals surface area (Å²) in [5.41, 5.74) is -2.51. The molecule has 1 saturated heterocycles. The Morgan fingerprint density at radius 1 is 0.750 bits per heavy atom. The molecule has 11 nitrogen and oxygen atoms in total. The number of esters is 2. The number of ether oxygens (including phenoxy) is 2. The van der Waals surface area contributed by atoms with Gasteiger partial charge >= 0.3 is 18.0 Å². The van der Waals surface area contributed by atoms with Crippen molar-refractivity contribution in [3.8, 4) is 0 Å². The maximum atomic E-state index is 14.1. The summed E-state index contributed by atoms with van der Waals surface area (Å²) in [4.78, 5) is 69.8. The largest absolute Gasteiger partial charge is 0.459 e. The number of barbiturate groups is 1. The van der Waals surface area contributed by atoms with Gasteiger partial charge in [-0.05, 0) is 56.2 Å². The molecule has 0 saturated carbocycles. The molecule has 1 fully saturated rings. The van der Waals surface area contributed by atoms with Gasteiger partial charge in [-0.2, -0.15) is 0 Å². The second-order valence-corrected chi connectivity index (χ2v) is 13.4. The second kappa shape index (κ2) is 15.9. The van der Waals surface area contributed by atoms with Crippen LogP contribution >= 0.6 is 0 Å². The molecule has 1 aliphatic rings. The lowest BCUT2D eigenvalue weighted by Gasteiger charge is -2.49. The van der Waals surface area contributed by atoms with E-state index in [1.54, 1.807) is 57.2 Å². The van der Waals surface area contributed by atoms with Crippen LogP contribution in [-0.2, 0) is 24.5 Å². The Balaban J connectivity index is 1.77. The highest BCUT2D eigenvalue weighted by atomic mass is 16.5. The van der Waals surface area contributed by atoms with E-state index in [0.29, 0.717) is 18.4 Å². The minimum Gasteiger partial charge on any atom is -0.459 e. The molecule has 11 heteroatoms. The normalized spacial score (nSPS) is 18.5. The Morgan fingerprint density at radius 3 is 1.73 bits per heavy atom. The summed E-state index contributed by atoms with van der Waals surface area (Å²) in [5.74, 6) is -3.15. The van der Waals surface area contributed by atoms with Gasteiger partial charge in [-0.3, -0.25) is 19.4 Å². The Labute approximate surface area is 283 Å². The van der Waals surface area contributed by atoms with E-state index in [2.05, 4.69) is 6.92 Å². The van der Waals surface area contributed by atoms with Crippen molar-refractivity contribution in [2.24, 2.45) is 5.41 Å². The molecule has 3 unspecified atom stereocenters. The van der Waals surface area contributed by atoms with E-state index in [4.69, 9.17) is 9.47 Å². The van der Waals surface area contributed by atoms with Gasteiger partial charge in [0, 0.05) is 5.54 Å². The van der Waals surface area contributed by atoms with Gasteiger partial charge in [-0.1, -0.05) is 89.9 Å². The van der Waals surface area contributed by atoms with E-state index in [0.717, 1.165) is 22.6 Å². The maximum absolute atomic E-state index is 14.1. The quantitative estimate of drug-likeness (QED) is 0.181. The third kappa shape index (κ3) is 7.95. The molecule has 2 N–H and O–H groups in total. The molecular formula is C37H50N2O9. The van der Waals surface area contributed by atoms with Crippen LogP contribution in [0.25, 0.3) is 0 Å². The van der Waals surface area contributed by atoms with Crippen LogP contribution in [0.2, 0.25) is 0 Å². The first-order chi connectivity index (χ1) is 22.6. The average Bonchev–Trinajstić information content (AvgIpc) is 3.08. The van der Waals surface area contributed by atoms with Gasteiger partial charge in [0.2, 0.25) is 0 Å². The lowest BCUT2D eigenvalue weighted by atomic mass is 9.73. The van der Waals surface area contributed by atoms with Crippen molar-refractivity contribution in [3.63, 3.8) is 0 Å². The summed E-state index contributed by atoms with van der Waals surface area (Å²) in [6, 6.07) is 13.5. The number of carbonyl (C=O) groups is 5. The van der Waals surface area contributed by atoms with E-state index in [1.807, 2.05) is 20.8 Å². The number of hydrogen-bond acceptors (Lipinski definition) is 9. The topological polar surface area (TPSA) is 151 Å². The number of urea groups is 1. The molecule has 0 radical (unpaired) electrons. The Hall–Kier alpha value is -4.09. The summed E-state index contributed by atoms with van der Waals surface area (Å²) in [6.07, 6.45) is 0.259. The average molecular weight is 667 g/mol. The van der Waals surface area contributed by atoms with Crippen molar-refractivity contribution >= 4 is 29.8 Å². The molecule has 0 bridgehead atoms. The first-order valence-electron chi connectivity index (χ1n) is 16.7. The van der Waals surface area contributed by atoms with Gasteiger partial charge in [0.25, 0.3) is 11.8 Å². The highest BCUT2D eigenvalue weighted by Crippen LogP contribution is 2.40. The predicted molar refractivity (Wildman–Crippen MR) is 179 cm³/mol. The van der Waals surface area contributed by atoms with E-state index >= 15 is 0 Å². The van der Waals surface area contributed by atoms with Crippen molar-refractivity contribution in [2.75, 3.05) is 19.8 Å². The zero-order valence-electron chi connectivity index (χ0n) is 29.2. The van der Waals surface area contributed by atoms with Crippen molar-refractivity contribution in [2.45, 2.75) is 104 Å². The SMILES string of the molecule is CCC(C)(CC)CC(O)COC(=O)c1ccccc1C(=O)OCC(O)CN1C(=O)N(C(C)(C)CC)C(=O)C(CC)(c2ccccc2)C1=O. The van der Waals surface area contributed by atoms with Gasteiger partial charge in [0.05, 0.1) is 23.8 Å². The molecule has 0 spiro atoms. The number of hydrogen-bond donors (Lipinski definition) is 2. The molecular weight excluding hydrogens is 616 g/mol. The number of β-amino-alcohol motifs (C(OH)–C–C–N with tert-alkyl or cyclic N) is 1. The van der Waals surface area contributed by atoms with E-state index in [9.17, 15) is 34.2 Å². The number of rotatable bonds is 16. The summed E-state index contributed by atoms with van der Waals surface area (Å²) in [5, 5.41) is 21.4. The summed E-state index contributed by atoms with van der Waals surface area (Å²) in [7, 11) is 0. The summed E-state index contributed by atoms with van der Waals surface area (Å²) >= 11 is 0. The number of imide groups is 2. The van der Waals surface area contributed by atoms with Crippen molar-refractivity contribution in [1.82, 2.24) is 9.80 Å². The van der Waals surface area contributed by atoms with Crippen molar-refractivity contribution in [1.29, 1.82) is 0 Å². The highest BCUT2D eigenvalue weighted by Gasteiger charge is 2.60. The Morgan fingerprint density at radius 2 is 1.25 bits per heavy atom. The number of nitrogens with zero attached hydrogens (tertiary/aromatic N) is 2. The lowest BCUT2D eigenvalue weighted by Crippen LogP contribution is -2.71. The molecule has 4 amide bonds. The minimum absolute atomic E-state index is 0.0697. The van der Waals surface area contributed by atoms with Crippen LogP contribution in [0.3, 0.4) is 0 Å². The molecule has 0 aromatic heterocycles. The van der Waals surface area contributed by atoms with Crippen LogP contribution in [0.4, 0.5) is 4.79 Å². The molecule has 262 valence electrons. The number of carbonyl (C=O) groups excluding carboxylic acids is 5. The van der Waals surface area contributed by atoms with Crippen LogP contribution in [0.1, 0.15) is 107 Å². The predicted octanol–water partition coefficient (Wildman–Crippen LogP) is 5.27. The fraction of sp³-hybridized carbons (Fsp3) is 0.541. The smallest absolute Gasteiger partial charge is 0.339 e. The number of benzene rings is 2. The number of aliphatic hydroxyl groups is 2. The molecule has 2 aromatic carbocycles. The van der Waals surface area contributed by atoms with Crippen LogP contribution in [0.15, 0.2) is 54.6 Å². The zero-order valence-corrected chi connectivity index (χ0v) is 29.2. The van der Waals surface area contributed by atoms with Crippen LogP contribution in [-0.4, -0.2) is 87.3 Å². The minimum atomic E-state index is -1.70. The third-order valence-corrected chi connectivity index (χ3v) is 9.88. The fourth-order valence-electron chi connectivity index (χ4n) is 5.90. The van der Waals surface area contributed by atoms with Crippen molar-refractivity contribution < 1.29 is 43.7 Å². The van der Waals surface area contributed by atoms with E-state index in [1.165, 1.54) is 18.2 Å².